The highest BCUT2D eigenvalue weighted by Crippen LogP contribution is 2.35. The van der Waals surface area contributed by atoms with E-state index in [4.69, 9.17) is 13.6 Å². The molecule has 1 saturated heterocycles. The number of nitrogens with zero attached hydrogens (tertiary/aromatic N) is 1. The molecule has 7 heteroatoms. The van der Waals surface area contributed by atoms with Crippen molar-refractivity contribution in [3.05, 3.63) is 90.1 Å². The summed E-state index contributed by atoms with van der Waals surface area (Å²) in [5.74, 6) is 1.44. The molecule has 1 aliphatic rings. The summed E-state index contributed by atoms with van der Waals surface area (Å²) in [5, 5.41) is 15.0. The van der Waals surface area contributed by atoms with Gasteiger partial charge in [-0.3, -0.25) is 9.69 Å². The normalized spacial score (nSPS) is 16.1. The summed E-state index contributed by atoms with van der Waals surface area (Å²) in [5.41, 5.74) is 1.20. The molecule has 1 aliphatic heterocycles. The van der Waals surface area contributed by atoms with Gasteiger partial charge in [0, 0.05) is 30.7 Å². The number of ether oxygens (including phenoxy) is 1. The summed E-state index contributed by atoms with van der Waals surface area (Å²) >= 11 is 0. The molecule has 0 radical (unpaired) electrons. The Balaban J connectivity index is 1.23. The average molecular weight is 473 g/mol. The van der Waals surface area contributed by atoms with Gasteiger partial charge in [0.25, 0.3) is 5.91 Å². The number of rotatable bonds is 7. The number of amides is 1. The van der Waals surface area contributed by atoms with Crippen molar-refractivity contribution in [2.45, 2.75) is 18.4 Å². The van der Waals surface area contributed by atoms with Crippen molar-refractivity contribution in [1.29, 1.82) is 0 Å². The molecule has 1 amide bonds. The van der Waals surface area contributed by atoms with Gasteiger partial charge in [0.15, 0.2) is 5.76 Å². The standard InChI is InChI=1S/C28H28N2O5/c1-33-23-9-7-22(8-10-23)29-27(31)26-19-20-18-21(6-11-25(20)35-26)28(32)12-15-30(16-13-28)14-2-4-24-5-3-17-34-24/h2-11,17-19,32H,12-16H2,1H3,(H,29,31)/b4-2+. The van der Waals surface area contributed by atoms with E-state index in [1.54, 1.807) is 43.7 Å². The number of hydrogen-bond donors (Lipinski definition) is 2. The molecule has 0 unspecified atom stereocenters. The third-order valence-electron chi connectivity index (χ3n) is 6.50. The Bertz CT molecular complexity index is 1310. The molecular weight excluding hydrogens is 444 g/mol. The predicted molar refractivity (Wildman–Crippen MR) is 134 cm³/mol. The van der Waals surface area contributed by atoms with Gasteiger partial charge in [0.1, 0.15) is 17.1 Å². The van der Waals surface area contributed by atoms with E-state index in [9.17, 15) is 9.90 Å². The number of carbonyl (C=O) groups is 1. The molecule has 2 aromatic carbocycles. The molecule has 1 fully saturated rings. The summed E-state index contributed by atoms with van der Waals surface area (Å²) in [6.07, 6.45) is 6.98. The van der Waals surface area contributed by atoms with E-state index in [2.05, 4.69) is 16.3 Å². The minimum atomic E-state index is -0.905. The Hall–Kier alpha value is -3.81. The Kier molecular flexibility index (Phi) is 6.44. The van der Waals surface area contributed by atoms with Crippen LogP contribution in [0.5, 0.6) is 5.75 Å². The summed E-state index contributed by atoms with van der Waals surface area (Å²) < 4.78 is 16.2. The topological polar surface area (TPSA) is 88.1 Å². The molecule has 7 nitrogen and oxygen atoms in total. The van der Waals surface area contributed by atoms with Crippen LogP contribution in [0.2, 0.25) is 0 Å². The lowest BCUT2D eigenvalue weighted by molar-refractivity contribution is -0.0232. The lowest BCUT2D eigenvalue weighted by Gasteiger charge is -2.38. The monoisotopic (exact) mass is 472 g/mol. The van der Waals surface area contributed by atoms with Gasteiger partial charge in [-0.05, 0) is 79.1 Å². The van der Waals surface area contributed by atoms with Crippen molar-refractivity contribution in [3.63, 3.8) is 0 Å². The fraction of sp³-hybridized carbons (Fsp3) is 0.250. The van der Waals surface area contributed by atoms with Crippen LogP contribution < -0.4 is 10.1 Å². The number of furan rings is 2. The first-order chi connectivity index (χ1) is 17.0. The molecule has 0 bridgehead atoms. The second-order valence-electron chi connectivity index (χ2n) is 8.80. The number of aliphatic hydroxyl groups is 1. The van der Waals surface area contributed by atoms with Crippen molar-refractivity contribution in [2.24, 2.45) is 0 Å². The van der Waals surface area contributed by atoms with Gasteiger partial charge in [-0.2, -0.15) is 0 Å². The average Bonchev–Trinajstić information content (AvgIpc) is 3.55. The van der Waals surface area contributed by atoms with Crippen molar-refractivity contribution in [1.82, 2.24) is 4.90 Å². The van der Waals surface area contributed by atoms with Gasteiger partial charge in [-0.25, -0.2) is 0 Å². The molecule has 0 atom stereocenters. The molecular formula is C28H28N2O5. The first-order valence-electron chi connectivity index (χ1n) is 11.7. The van der Waals surface area contributed by atoms with Crippen LogP contribution in [0.3, 0.4) is 0 Å². The number of piperidine rings is 1. The number of likely N-dealkylation sites (tertiary alicyclic amines) is 1. The Morgan fingerprint density at radius 2 is 1.94 bits per heavy atom. The number of carbonyl (C=O) groups excluding carboxylic acids is 1. The van der Waals surface area contributed by atoms with Gasteiger partial charge >= 0.3 is 0 Å². The van der Waals surface area contributed by atoms with Crippen LogP contribution in [0.4, 0.5) is 5.69 Å². The predicted octanol–water partition coefficient (Wildman–Crippen LogP) is 5.28. The van der Waals surface area contributed by atoms with Crippen LogP contribution in [-0.4, -0.2) is 42.7 Å². The summed E-state index contributed by atoms with van der Waals surface area (Å²) in [6.45, 7) is 2.39. The Labute approximate surface area is 203 Å². The van der Waals surface area contributed by atoms with Crippen molar-refractivity contribution >= 4 is 28.6 Å². The van der Waals surface area contributed by atoms with Gasteiger partial charge in [0.2, 0.25) is 0 Å². The second kappa shape index (κ2) is 9.82. The molecule has 0 saturated carbocycles. The third-order valence-corrected chi connectivity index (χ3v) is 6.50. The summed E-state index contributed by atoms with van der Waals surface area (Å²) in [6, 6.07) is 18.3. The molecule has 0 aliphatic carbocycles. The zero-order valence-electron chi connectivity index (χ0n) is 19.6. The molecule has 0 spiro atoms. The number of hydrogen-bond acceptors (Lipinski definition) is 6. The first-order valence-corrected chi connectivity index (χ1v) is 11.7. The molecule has 4 aromatic rings. The molecule has 3 heterocycles. The largest absolute Gasteiger partial charge is 0.497 e. The quantitative estimate of drug-likeness (QED) is 0.380. The zero-order valence-corrected chi connectivity index (χ0v) is 19.6. The van der Waals surface area contributed by atoms with Gasteiger partial charge in [0.05, 0.1) is 19.0 Å². The van der Waals surface area contributed by atoms with Gasteiger partial charge in [-0.15, -0.1) is 0 Å². The Morgan fingerprint density at radius 1 is 1.14 bits per heavy atom. The van der Waals surface area contributed by atoms with Crippen LogP contribution >= 0.6 is 0 Å². The number of fused-ring (bicyclic) bond motifs is 1. The Morgan fingerprint density at radius 3 is 2.66 bits per heavy atom. The SMILES string of the molecule is COc1ccc(NC(=O)c2cc3cc(C4(O)CCN(C/C=C/c5ccco5)CC4)ccc3o2)cc1. The summed E-state index contributed by atoms with van der Waals surface area (Å²) in [7, 11) is 1.59. The fourth-order valence-electron chi connectivity index (χ4n) is 4.41. The molecule has 180 valence electrons. The van der Waals surface area contributed by atoms with Crippen molar-refractivity contribution in [3.8, 4) is 5.75 Å². The van der Waals surface area contributed by atoms with Gasteiger partial charge in [-0.1, -0.05) is 12.1 Å². The van der Waals surface area contributed by atoms with Gasteiger partial charge < -0.3 is 24.0 Å². The first kappa shape index (κ1) is 23.0. The minimum absolute atomic E-state index is 0.220. The number of nitrogens with one attached hydrogen (secondary N) is 1. The van der Waals surface area contributed by atoms with E-state index in [1.807, 2.05) is 36.4 Å². The highest BCUT2D eigenvalue weighted by molar-refractivity contribution is 6.04. The number of anilines is 1. The molecule has 35 heavy (non-hydrogen) atoms. The minimum Gasteiger partial charge on any atom is -0.497 e. The van der Waals surface area contributed by atoms with Crippen LogP contribution in [0.15, 0.2) is 81.8 Å². The lowest BCUT2D eigenvalue weighted by Crippen LogP contribution is -2.42. The highest BCUT2D eigenvalue weighted by Gasteiger charge is 2.34. The van der Waals surface area contributed by atoms with E-state index in [0.717, 1.165) is 36.3 Å². The van der Waals surface area contributed by atoms with E-state index in [1.165, 1.54) is 0 Å². The van der Waals surface area contributed by atoms with Crippen LogP contribution in [0, 0.1) is 0 Å². The zero-order chi connectivity index (χ0) is 24.3. The van der Waals surface area contributed by atoms with Crippen molar-refractivity contribution in [2.75, 3.05) is 32.1 Å². The maximum Gasteiger partial charge on any atom is 0.291 e. The van der Waals surface area contributed by atoms with Crippen LogP contribution in [-0.2, 0) is 5.60 Å². The molecule has 5 rings (SSSR count). The smallest absolute Gasteiger partial charge is 0.291 e. The number of methoxy groups -OCH3 is 1. The number of benzene rings is 2. The molecule has 2 aromatic heterocycles. The van der Waals surface area contributed by atoms with Crippen molar-refractivity contribution < 1.29 is 23.5 Å². The highest BCUT2D eigenvalue weighted by atomic mass is 16.5. The lowest BCUT2D eigenvalue weighted by atomic mass is 9.84. The van der Waals surface area contributed by atoms with E-state index >= 15 is 0 Å². The van der Waals surface area contributed by atoms with E-state index in [0.29, 0.717) is 29.9 Å². The van der Waals surface area contributed by atoms with Crippen LogP contribution in [0.25, 0.3) is 17.0 Å². The maximum atomic E-state index is 12.7. The maximum absolute atomic E-state index is 12.7. The van der Waals surface area contributed by atoms with E-state index in [-0.39, 0.29) is 11.7 Å². The molecule has 2 N–H and O–H groups in total. The second-order valence-corrected chi connectivity index (χ2v) is 8.80. The fourth-order valence-corrected chi connectivity index (χ4v) is 4.41. The van der Waals surface area contributed by atoms with E-state index < -0.39 is 5.60 Å². The van der Waals surface area contributed by atoms with Crippen LogP contribution in [0.1, 0.15) is 34.7 Å². The third kappa shape index (κ3) is 5.16. The summed E-state index contributed by atoms with van der Waals surface area (Å²) in [4.78, 5) is 15.0.